The van der Waals surface area contributed by atoms with Gasteiger partial charge in [-0.05, 0) is 12.0 Å². The third-order valence-corrected chi connectivity index (χ3v) is 4.57. The number of hydrogen-bond donors (Lipinski definition) is 1. The lowest BCUT2D eigenvalue weighted by Gasteiger charge is -2.11. The molecule has 10 heteroatoms. The Bertz CT molecular complexity index is 1250. The maximum Gasteiger partial charge on any atom is 0.353 e. The number of carboxylic acid groups (broad SMARTS) is 1. The molecule has 3 aromatic rings. The van der Waals surface area contributed by atoms with E-state index in [-0.39, 0.29) is 28.9 Å². The topological polar surface area (TPSA) is 86.2 Å². The maximum absolute atomic E-state index is 14.1. The van der Waals surface area contributed by atoms with Crippen molar-refractivity contribution >= 4 is 16.9 Å². The van der Waals surface area contributed by atoms with E-state index >= 15 is 0 Å². The molecule has 154 valence electrons. The van der Waals surface area contributed by atoms with E-state index < -0.39 is 46.9 Å². The van der Waals surface area contributed by atoms with E-state index in [1.54, 1.807) is 0 Å². The van der Waals surface area contributed by atoms with Gasteiger partial charge in [0, 0.05) is 31.4 Å². The Balaban J connectivity index is 2.34. The van der Waals surface area contributed by atoms with Crippen molar-refractivity contribution in [2.75, 3.05) is 0 Å². The fourth-order valence-electron chi connectivity index (χ4n) is 3.26. The summed E-state index contributed by atoms with van der Waals surface area (Å²) in [5.41, 5.74) is -2.13. The van der Waals surface area contributed by atoms with Gasteiger partial charge in [0.2, 0.25) is 0 Å². The number of carbonyl (C=O) groups is 1. The van der Waals surface area contributed by atoms with Crippen molar-refractivity contribution in [3.63, 3.8) is 0 Å². The van der Waals surface area contributed by atoms with Crippen molar-refractivity contribution in [2.24, 2.45) is 13.0 Å². The molecule has 2 heterocycles. The molecule has 29 heavy (non-hydrogen) atoms. The van der Waals surface area contributed by atoms with Crippen molar-refractivity contribution < 1.29 is 23.1 Å². The first-order chi connectivity index (χ1) is 13.5. The van der Waals surface area contributed by atoms with Gasteiger partial charge in [0.25, 0.3) is 5.56 Å². The average molecular weight is 409 g/mol. The molecule has 7 nitrogen and oxygen atoms in total. The van der Waals surface area contributed by atoms with E-state index in [9.17, 15) is 32.7 Å². The van der Waals surface area contributed by atoms with Gasteiger partial charge in [0.15, 0.2) is 11.6 Å². The molecule has 0 saturated carbocycles. The van der Waals surface area contributed by atoms with E-state index in [4.69, 9.17) is 0 Å². The second-order valence-corrected chi connectivity index (χ2v) is 7.18. The molecule has 0 atom stereocenters. The molecule has 0 amide bonds. The third-order valence-electron chi connectivity index (χ3n) is 4.57. The lowest BCUT2D eigenvalue weighted by atomic mass is 10.2. The molecule has 0 radical (unpaired) electrons. The predicted molar refractivity (Wildman–Crippen MR) is 98.7 cm³/mol. The molecule has 1 N–H and O–H groups in total. The van der Waals surface area contributed by atoms with Crippen molar-refractivity contribution in [3.05, 3.63) is 67.9 Å². The van der Waals surface area contributed by atoms with E-state index in [2.05, 4.69) is 0 Å². The minimum absolute atomic E-state index is 0.00803. The number of carboxylic acids is 1. The van der Waals surface area contributed by atoms with Gasteiger partial charge < -0.3 is 9.67 Å². The quantitative estimate of drug-likeness (QED) is 0.656. The zero-order chi connectivity index (χ0) is 21.6. The number of benzene rings is 1. The number of nitrogens with zero attached hydrogens (tertiary/aromatic N) is 3. The fourth-order valence-corrected chi connectivity index (χ4v) is 3.26. The van der Waals surface area contributed by atoms with E-state index in [1.807, 2.05) is 13.8 Å². The van der Waals surface area contributed by atoms with Crippen molar-refractivity contribution in [1.29, 1.82) is 0 Å². The molecule has 0 bridgehead atoms. The molecule has 0 aliphatic heterocycles. The zero-order valence-electron chi connectivity index (χ0n) is 15.9. The average Bonchev–Trinajstić information content (AvgIpc) is 3.00. The molecule has 1 aromatic carbocycles. The van der Waals surface area contributed by atoms with Crippen LogP contribution in [-0.2, 0) is 20.1 Å². The molecular weight excluding hydrogens is 391 g/mol. The number of halogens is 3. The molecule has 0 unspecified atom stereocenters. The van der Waals surface area contributed by atoms with Gasteiger partial charge in [-0.2, -0.15) is 0 Å². The smallest absolute Gasteiger partial charge is 0.353 e. The summed E-state index contributed by atoms with van der Waals surface area (Å²) in [5, 5.41) is 9.45. The van der Waals surface area contributed by atoms with Crippen molar-refractivity contribution in [1.82, 2.24) is 13.7 Å². The summed E-state index contributed by atoms with van der Waals surface area (Å²) >= 11 is 0. The largest absolute Gasteiger partial charge is 0.477 e. The molecule has 0 aliphatic rings. The van der Waals surface area contributed by atoms with Crippen molar-refractivity contribution in [3.8, 4) is 0 Å². The molecule has 0 fully saturated rings. The first-order valence-electron chi connectivity index (χ1n) is 8.72. The Labute approximate surface area is 162 Å². The summed E-state index contributed by atoms with van der Waals surface area (Å²) in [5.74, 6) is -5.20. The Hall–Kier alpha value is -3.30. The standard InChI is InChI=1S/C19H18F3N3O4/c1-9(2)6-25-14-8-24(7-10-4-12(21)13(22)5-11(10)20)16(18(27)28)15(14)17(26)23(3)19(25)29/h4-5,8-9H,6-7H2,1-3H3,(H,27,28). The lowest BCUT2D eigenvalue weighted by molar-refractivity contribution is 0.0687. The molecule has 3 rings (SSSR count). The summed E-state index contributed by atoms with van der Waals surface area (Å²) in [7, 11) is 1.24. The van der Waals surface area contributed by atoms with Gasteiger partial charge in [-0.1, -0.05) is 13.8 Å². The van der Waals surface area contributed by atoms with Crippen LogP contribution in [0, 0.1) is 23.4 Å². The van der Waals surface area contributed by atoms with E-state index in [1.165, 1.54) is 17.8 Å². The van der Waals surface area contributed by atoms with Crippen LogP contribution in [0.5, 0.6) is 0 Å². The molecule has 0 aliphatic carbocycles. The molecule has 0 spiro atoms. The Morgan fingerprint density at radius 2 is 1.72 bits per heavy atom. The first-order valence-corrected chi connectivity index (χ1v) is 8.72. The summed E-state index contributed by atoms with van der Waals surface area (Å²) in [6, 6.07) is 0.988. The monoisotopic (exact) mass is 409 g/mol. The summed E-state index contributed by atoms with van der Waals surface area (Å²) < 4.78 is 43.9. The maximum atomic E-state index is 14.1. The third kappa shape index (κ3) is 3.45. The van der Waals surface area contributed by atoms with Crippen molar-refractivity contribution in [2.45, 2.75) is 26.9 Å². The normalized spacial score (nSPS) is 11.6. The summed E-state index contributed by atoms with van der Waals surface area (Å²) in [6.07, 6.45) is 1.24. The first kappa shape index (κ1) is 20.4. The SMILES string of the molecule is CC(C)Cn1c(=O)n(C)c(=O)c2c(C(=O)O)n(Cc3cc(F)c(F)cc3F)cc21. The van der Waals surface area contributed by atoms with Gasteiger partial charge in [-0.3, -0.25) is 13.9 Å². The Morgan fingerprint density at radius 1 is 1.10 bits per heavy atom. The van der Waals surface area contributed by atoms with Crippen LogP contribution in [0.1, 0.15) is 29.9 Å². The van der Waals surface area contributed by atoms with E-state index in [0.29, 0.717) is 12.1 Å². The van der Waals surface area contributed by atoms with Gasteiger partial charge in [0.05, 0.1) is 17.4 Å². The number of rotatable bonds is 5. The minimum atomic E-state index is -1.48. The Morgan fingerprint density at radius 3 is 2.31 bits per heavy atom. The molecule has 0 saturated heterocycles. The minimum Gasteiger partial charge on any atom is -0.477 e. The van der Waals surface area contributed by atoms with Crippen LogP contribution in [0.3, 0.4) is 0 Å². The van der Waals surface area contributed by atoms with Gasteiger partial charge >= 0.3 is 11.7 Å². The van der Waals surface area contributed by atoms with Crippen LogP contribution < -0.4 is 11.2 Å². The number of hydrogen-bond acceptors (Lipinski definition) is 3. The summed E-state index contributed by atoms with van der Waals surface area (Å²) in [4.78, 5) is 37.1. The molecule has 2 aromatic heterocycles. The lowest BCUT2D eigenvalue weighted by Crippen LogP contribution is -2.38. The van der Waals surface area contributed by atoms with E-state index in [0.717, 1.165) is 9.13 Å². The highest BCUT2D eigenvalue weighted by atomic mass is 19.2. The van der Waals surface area contributed by atoms with Crippen LogP contribution in [0.4, 0.5) is 13.2 Å². The number of aromatic nitrogens is 3. The highest BCUT2D eigenvalue weighted by Gasteiger charge is 2.24. The second kappa shape index (κ2) is 7.26. The van der Waals surface area contributed by atoms with Crippen LogP contribution in [0.15, 0.2) is 27.9 Å². The van der Waals surface area contributed by atoms with Gasteiger partial charge in [-0.15, -0.1) is 0 Å². The number of aromatic carboxylic acids is 1. The van der Waals surface area contributed by atoms with Crippen LogP contribution in [0.2, 0.25) is 0 Å². The highest BCUT2D eigenvalue weighted by Crippen LogP contribution is 2.22. The second-order valence-electron chi connectivity index (χ2n) is 7.18. The number of fused-ring (bicyclic) bond motifs is 1. The Kier molecular flexibility index (Phi) is 5.12. The zero-order valence-corrected chi connectivity index (χ0v) is 15.9. The van der Waals surface area contributed by atoms with Gasteiger partial charge in [-0.25, -0.2) is 22.8 Å². The van der Waals surface area contributed by atoms with Gasteiger partial charge in [0.1, 0.15) is 11.5 Å². The highest BCUT2D eigenvalue weighted by molar-refractivity contribution is 6.01. The van der Waals surface area contributed by atoms with Crippen LogP contribution in [-0.4, -0.2) is 24.8 Å². The molecular formula is C19H18F3N3O4. The fraction of sp³-hybridized carbons (Fsp3) is 0.316. The van der Waals surface area contributed by atoms with Crippen LogP contribution in [0.25, 0.3) is 10.9 Å². The predicted octanol–water partition coefficient (Wildman–Crippen LogP) is 2.32. The van der Waals surface area contributed by atoms with Crippen LogP contribution >= 0.6 is 0 Å². The summed E-state index contributed by atoms with van der Waals surface area (Å²) in [6.45, 7) is 3.43.